The Morgan fingerprint density at radius 2 is 2.13 bits per heavy atom. The van der Waals surface area contributed by atoms with Crippen LogP contribution in [0.25, 0.3) is 10.9 Å². The molecule has 0 radical (unpaired) electrons. The summed E-state index contributed by atoms with van der Waals surface area (Å²) in [5, 5.41) is 1.33. The van der Waals surface area contributed by atoms with Crippen LogP contribution in [0.3, 0.4) is 0 Å². The number of nitrogens with zero attached hydrogens (tertiary/aromatic N) is 1. The van der Waals surface area contributed by atoms with E-state index in [1.54, 1.807) is 0 Å². The van der Waals surface area contributed by atoms with Gasteiger partial charge in [-0.25, -0.2) is 0 Å². The maximum absolute atomic E-state index is 3.48. The summed E-state index contributed by atoms with van der Waals surface area (Å²) in [5.41, 5.74) is 2.60. The highest BCUT2D eigenvalue weighted by Gasteiger charge is 2.03. The Morgan fingerprint density at radius 1 is 1.33 bits per heavy atom. The number of rotatable bonds is 3. The van der Waals surface area contributed by atoms with Crippen molar-refractivity contribution in [2.75, 3.05) is 20.6 Å². The Balaban J connectivity index is 2.29. The van der Waals surface area contributed by atoms with Gasteiger partial charge in [-0.15, -0.1) is 0 Å². The smallest absolute Gasteiger partial charge is 0.0468 e. The third kappa shape index (κ3) is 2.41. The SMILES string of the molecule is CN(C)CCc1c[nH]c2cc(Br)ccc12. The molecule has 0 saturated heterocycles. The first kappa shape index (κ1) is 10.7. The van der Waals surface area contributed by atoms with E-state index in [2.05, 4.69) is 64.3 Å². The van der Waals surface area contributed by atoms with Crippen LogP contribution in [0.5, 0.6) is 0 Å². The normalized spacial score (nSPS) is 11.5. The summed E-state index contributed by atoms with van der Waals surface area (Å²) in [6.07, 6.45) is 3.20. The second-order valence-electron chi connectivity index (χ2n) is 4.06. The highest BCUT2D eigenvalue weighted by atomic mass is 79.9. The Hall–Kier alpha value is -0.800. The van der Waals surface area contributed by atoms with Crippen molar-refractivity contribution in [1.82, 2.24) is 9.88 Å². The largest absolute Gasteiger partial charge is 0.361 e. The van der Waals surface area contributed by atoms with Crippen molar-refractivity contribution in [2.24, 2.45) is 0 Å². The molecule has 0 aliphatic rings. The maximum Gasteiger partial charge on any atom is 0.0468 e. The van der Waals surface area contributed by atoms with Gasteiger partial charge >= 0.3 is 0 Å². The molecule has 1 N–H and O–H groups in total. The molecular weight excluding hydrogens is 252 g/mol. The lowest BCUT2D eigenvalue weighted by Gasteiger charge is -2.07. The van der Waals surface area contributed by atoms with Crippen LogP contribution in [0.4, 0.5) is 0 Å². The molecule has 0 spiro atoms. The zero-order valence-corrected chi connectivity index (χ0v) is 10.6. The van der Waals surface area contributed by atoms with E-state index >= 15 is 0 Å². The fourth-order valence-electron chi connectivity index (χ4n) is 1.71. The molecule has 3 heteroatoms. The molecule has 2 nitrogen and oxygen atoms in total. The first-order chi connectivity index (χ1) is 7.16. The van der Waals surface area contributed by atoms with Crippen LogP contribution in [0.2, 0.25) is 0 Å². The number of hydrogen-bond acceptors (Lipinski definition) is 1. The van der Waals surface area contributed by atoms with E-state index in [0.717, 1.165) is 17.4 Å². The van der Waals surface area contributed by atoms with Gasteiger partial charge in [-0.2, -0.15) is 0 Å². The van der Waals surface area contributed by atoms with Crippen molar-refractivity contribution in [1.29, 1.82) is 0 Å². The zero-order chi connectivity index (χ0) is 10.8. The number of hydrogen-bond donors (Lipinski definition) is 1. The summed E-state index contributed by atoms with van der Waals surface area (Å²) in [6.45, 7) is 1.09. The first-order valence-electron chi connectivity index (χ1n) is 5.07. The fraction of sp³-hybridized carbons (Fsp3) is 0.333. The summed E-state index contributed by atoms with van der Waals surface area (Å²) in [5.74, 6) is 0. The molecule has 15 heavy (non-hydrogen) atoms. The van der Waals surface area contributed by atoms with E-state index in [4.69, 9.17) is 0 Å². The van der Waals surface area contributed by atoms with Gasteiger partial charge in [-0.3, -0.25) is 0 Å². The Labute approximate surface area is 98.4 Å². The lowest BCUT2D eigenvalue weighted by atomic mass is 10.1. The first-order valence-corrected chi connectivity index (χ1v) is 5.86. The average molecular weight is 267 g/mol. The number of aromatic nitrogens is 1. The minimum absolute atomic E-state index is 1.09. The third-order valence-corrected chi connectivity index (χ3v) is 3.05. The fourth-order valence-corrected chi connectivity index (χ4v) is 2.07. The molecule has 80 valence electrons. The monoisotopic (exact) mass is 266 g/mol. The minimum Gasteiger partial charge on any atom is -0.361 e. The minimum atomic E-state index is 1.09. The molecule has 1 aromatic carbocycles. The molecular formula is C12H15BrN2. The summed E-state index contributed by atoms with van der Waals surface area (Å²) in [4.78, 5) is 5.51. The van der Waals surface area contributed by atoms with E-state index in [-0.39, 0.29) is 0 Å². The number of nitrogens with one attached hydrogen (secondary N) is 1. The zero-order valence-electron chi connectivity index (χ0n) is 9.05. The second-order valence-corrected chi connectivity index (χ2v) is 4.97. The molecule has 0 aliphatic carbocycles. The molecule has 1 heterocycles. The van der Waals surface area contributed by atoms with Crippen molar-refractivity contribution in [2.45, 2.75) is 6.42 Å². The Kier molecular flexibility index (Phi) is 3.12. The van der Waals surface area contributed by atoms with Gasteiger partial charge in [0.15, 0.2) is 0 Å². The Bertz CT molecular complexity index is 460. The molecule has 0 saturated carbocycles. The van der Waals surface area contributed by atoms with Crippen LogP contribution in [-0.4, -0.2) is 30.5 Å². The van der Waals surface area contributed by atoms with Gasteiger partial charge < -0.3 is 9.88 Å². The number of likely N-dealkylation sites (N-methyl/N-ethyl adjacent to an activating group) is 1. The summed E-state index contributed by atoms with van der Waals surface area (Å²) in [6, 6.07) is 6.38. The third-order valence-electron chi connectivity index (χ3n) is 2.56. The number of benzene rings is 1. The van der Waals surface area contributed by atoms with E-state index in [1.807, 2.05) is 0 Å². The van der Waals surface area contributed by atoms with Crippen molar-refractivity contribution in [3.8, 4) is 0 Å². The number of H-pyrrole nitrogens is 1. The second kappa shape index (κ2) is 4.37. The lowest BCUT2D eigenvalue weighted by Crippen LogP contribution is -2.14. The predicted octanol–water partition coefficient (Wildman–Crippen LogP) is 3.03. The highest BCUT2D eigenvalue weighted by Crippen LogP contribution is 2.22. The maximum atomic E-state index is 3.48. The molecule has 0 atom stereocenters. The summed E-state index contributed by atoms with van der Waals surface area (Å²) >= 11 is 3.48. The number of halogens is 1. The van der Waals surface area contributed by atoms with Gasteiger partial charge in [0, 0.05) is 28.1 Å². The molecule has 2 rings (SSSR count). The standard InChI is InChI=1S/C12H15BrN2/c1-15(2)6-5-9-8-14-12-7-10(13)3-4-11(9)12/h3-4,7-8,14H,5-6H2,1-2H3. The van der Waals surface area contributed by atoms with Crippen molar-refractivity contribution < 1.29 is 0 Å². The lowest BCUT2D eigenvalue weighted by molar-refractivity contribution is 0.414. The molecule has 2 aromatic rings. The molecule has 0 amide bonds. The molecule has 0 bridgehead atoms. The van der Waals surface area contributed by atoms with Crippen LogP contribution in [0.15, 0.2) is 28.9 Å². The van der Waals surface area contributed by atoms with E-state index in [0.29, 0.717) is 0 Å². The van der Waals surface area contributed by atoms with E-state index < -0.39 is 0 Å². The van der Waals surface area contributed by atoms with Crippen molar-refractivity contribution >= 4 is 26.8 Å². The van der Waals surface area contributed by atoms with Crippen molar-refractivity contribution in [3.05, 3.63) is 34.4 Å². The van der Waals surface area contributed by atoms with Crippen LogP contribution in [0.1, 0.15) is 5.56 Å². The van der Waals surface area contributed by atoms with Gasteiger partial charge in [-0.1, -0.05) is 22.0 Å². The van der Waals surface area contributed by atoms with E-state index in [9.17, 15) is 0 Å². The van der Waals surface area contributed by atoms with Gasteiger partial charge in [0.25, 0.3) is 0 Å². The number of fused-ring (bicyclic) bond motifs is 1. The average Bonchev–Trinajstić information content (AvgIpc) is 2.57. The molecule has 0 aliphatic heterocycles. The molecule has 0 fully saturated rings. The van der Waals surface area contributed by atoms with Crippen LogP contribution >= 0.6 is 15.9 Å². The Morgan fingerprint density at radius 3 is 2.87 bits per heavy atom. The van der Waals surface area contributed by atoms with Crippen LogP contribution < -0.4 is 0 Å². The summed E-state index contributed by atoms with van der Waals surface area (Å²) < 4.78 is 1.12. The topological polar surface area (TPSA) is 19.0 Å². The van der Waals surface area contributed by atoms with E-state index in [1.165, 1.54) is 16.5 Å². The van der Waals surface area contributed by atoms with Crippen molar-refractivity contribution in [3.63, 3.8) is 0 Å². The van der Waals surface area contributed by atoms with Crippen LogP contribution in [0, 0.1) is 0 Å². The highest BCUT2D eigenvalue weighted by molar-refractivity contribution is 9.10. The van der Waals surface area contributed by atoms with Gasteiger partial charge in [0.2, 0.25) is 0 Å². The molecule has 1 aromatic heterocycles. The summed E-state index contributed by atoms with van der Waals surface area (Å²) in [7, 11) is 4.21. The predicted molar refractivity (Wildman–Crippen MR) is 68.3 cm³/mol. The van der Waals surface area contributed by atoms with Gasteiger partial charge in [0.05, 0.1) is 0 Å². The van der Waals surface area contributed by atoms with Crippen LogP contribution in [-0.2, 0) is 6.42 Å². The number of aromatic amines is 1. The molecule has 0 unspecified atom stereocenters. The quantitative estimate of drug-likeness (QED) is 0.905. The van der Waals surface area contributed by atoms with Gasteiger partial charge in [0.1, 0.15) is 0 Å². The van der Waals surface area contributed by atoms with Gasteiger partial charge in [-0.05, 0) is 38.2 Å².